The van der Waals surface area contributed by atoms with Crippen LogP contribution in [0.5, 0.6) is 0 Å². The van der Waals surface area contributed by atoms with Crippen LogP contribution in [0.4, 0.5) is 22.9 Å². The highest BCUT2D eigenvalue weighted by Gasteiger charge is 2.68. The molecule has 8 rings (SSSR count). The molecule has 4 heterocycles. The fourth-order valence-corrected chi connectivity index (χ4v) is 10.1. The largest absolute Gasteiger partial charge is 0.398 e. The Morgan fingerprint density at radius 2 is 2.07 bits per heavy atom. The number of piperidine rings is 1. The van der Waals surface area contributed by atoms with Crippen molar-refractivity contribution in [2.75, 3.05) is 49.7 Å². The van der Waals surface area contributed by atoms with Crippen LogP contribution in [-0.4, -0.2) is 72.8 Å². The average molecular weight is 601 g/mol. The van der Waals surface area contributed by atoms with Gasteiger partial charge in [-0.25, -0.2) is 9.97 Å². The lowest BCUT2D eigenvalue weighted by Crippen LogP contribution is -2.42. The van der Waals surface area contributed by atoms with E-state index in [1.807, 2.05) is 12.1 Å². The van der Waals surface area contributed by atoms with E-state index in [0.717, 1.165) is 97.6 Å². The highest BCUT2D eigenvalue weighted by Crippen LogP contribution is 2.68. The number of benzene rings is 1. The third kappa shape index (κ3) is 4.47. The summed E-state index contributed by atoms with van der Waals surface area (Å²) in [6, 6.07) is 4.67. The van der Waals surface area contributed by atoms with Gasteiger partial charge in [-0.1, -0.05) is 0 Å². The highest BCUT2D eigenvalue weighted by molar-refractivity contribution is 7.19. The summed E-state index contributed by atoms with van der Waals surface area (Å²) in [5.74, 6) is 2.28. The number of nitrogens with two attached hydrogens (primary N) is 2. The molecule has 2 aliphatic heterocycles. The number of thiophene rings is 1. The first kappa shape index (κ1) is 27.5. The number of ketones is 1. The van der Waals surface area contributed by atoms with Crippen molar-refractivity contribution in [1.29, 1.82) is 0 Å². The molecule has 4 fully saturated rings. The van der Waals surface area contributed by atoms with E-state index in [0.29, 0.717) is 29.5 Å². The summed E-state index contributed by atoms with van der Waals surface area (Å²) >= 11 is 1.73. The molecule has 3 aromatic rings. The van der Waals surface area contributed by atoms with Crippen molar-refractivity contribution in [2.24, 2.45) is 23.2 Å². The van der Waals surface area contributed by atoms with Crippen molar-refractivity contribution < 1.29 is 14.9 Å². The first-order chi connectivity index (χ1) is 20.8. The summed E-state index contributed by atoms with van der Waals surface area (Å²) in [5, 5.41) is 10.7. The number of nitrogens with zero attached hydrogens (tertiary/aromatic N) is 4. The Kier molecular flexibility index (Phi) is 6.54. The molecule has 1 spiro atoms. The Labute approximate surface area is 256 Å². The molecular weight excluding hydrogens is 558 g/mol. The average Bonchev–Trinajstić information content (AvgIpc) is 3.31. The van der Waals surface area contributed by atoms with Gasteiger partial charge in [-0.05, 0) is 89.1 Å². The van der Waals surface area contributed by atoms with Crippen molar-refractivity contribution >= 4 is 56.4 Å². The van der Waals surface area contributed by atoms with Gasteiger partial charge in [-0.2, -0.15) is 0 Å². The summed E-state index contributed by atoms with van der Waals surface area (Å²) in [6.07, 6.45) is 11.7. The molecular formula is C33H42N7O2S+. The van der Waals surface area contributed by atoms with E-state index < -0.39 is 0 Å². The minimum absolute atomic E-state index is 0.102. The Balaban J connectivity index is 1.06. The van der Waals surface area contributed by atoms with E-state index in [2.05, 4.69) is 34.2 Å². The van der Waals surface area contributed by atoms with E-state index in [9.17, 15) is 4.79 Å². The van der Waals surface area contributed by atoms with Crippen LogP contribution in [0.2, 0.25) is 0 Å². The maximum absolute atomic E-state index is 13.7. The van der Waals surface area contributed by atoms with Crippen molar-refractivity contribution in [2.45, 2.75) is 63.5 Å². The van der Waals surface area contributed by atoms with Crippen LogP contribution in [0.15, 0.2) is 18.5 Å². The van der Waals surface area contributed by atoms with Gasteiger partial charge in [-0.15, -0.1) is 11.3 Å². The fraction of sp³-hybridized carbons (Fsp3) is 0.576. The number of hydrogen-bond acceptors (Lipinski definition) is 9. The normalized spacial score (nSPS) is 29.9. The molecule has 226 valence electrons. The molecule has 5 N–H and O–H groups in total. The number of aryl methyl sites for hydroxylation is 1. The number of aromatic nitrogens is 2. The third-order valence-corrected chi connectivity index (χ3v) is 12.4. The van der Waals surface area contributed by atoms with E-state index in [1.165, 1.54) is 16.9 Å². The maximum Gasteiger partial charge on any atom is 0.169 e. The van der Waals surface area contributed by atoms with Gasteiger partial charge in [0, 0.05) is 53.6 Å². The van der Waals surface area contributed by atoms with E-state index in [4.69, 9.17) is 20.9 Å². The van der Waals surface area contributed by atoms with Gasteiger partial charge >= 0.3 is 0 Å². The van der Waals surface area contributed by atoms with Crippen molar-refractivity contribution in [1.82, 2.24) is 14.9 Å². The number of anilines is 4. The minimum Gasteiger partial charge on any atom is -0.398 e. The second-order valence-corrected chi connectivity index (χ2v) is 14.9. The van der Waals surface area contributed by atoms with Gasteiger partial charge in [0.1, 0.15) is 22.8 Å². The molecule has 43 heavy (non-hydrogen) atoms. The zero-order valence-corrected chi connectivity index (χ0v) is 26.0. The molecule has 3 aliphatic carbocycles. The van der Waals surface area contributed by atoms with E-state index in [-0.39, 0.29) is 17.3 Å². The molecule has 2 saturated carbocycles. The number of carbonyl (C=O) groups excluding carboxylic acids is 1. The van der Waals surface area contributed by atoms with Crippen LogP contribution in [-0.2, 0) is 22.4 Å². The van der Waals surface area contributed by atoms with Crippen molar-refractivity contribution in [3.05, 3.63) is 34.5 Å². The van der Waals surface area contributed by atoms with E-state index >= 15 is 0 Å². The molecule has 2 saturated heterocycles. The molecule has 1 aromatic carbocycles. The van der Waals surface area contributed by atoms with Crippen LogP contribution in [0.3, 0.4) is 0 Å². The Bertz CT molecular complexity index is 1610. The van der Waals surface area contributed by atoms with Gasteiger partial charge in [0.25, 0.3) is 0 Å². The first-order valence-electron chi connectivity index (χ1n) is 15.9. The molecule has 2 aromatic heterocycles. The molecule has 0 amide bonds. The Morgan fingerprint density at radius 1 is 1.23 bits per heavy atom. The second-order valence-electron chi connectivity index (χ2n) is 13.8. The molecule has 9 nitrogen and oxygen atoms in total. The number of Topliss-reactive ketones (excluding diaryl/α,β-unsaturated/α-hetero) is 1. The van der Waals surface area contributed by atoms with Gasteiger partial charge in [0.2, 0.25) is 0 Å². The topological polar surface area (TPSA) is 122 Å². The minimum atomic E-state index is 0.102. The summed E-state index contributed by atoms with van der Waals surface area (Å²) in [6.45, 7) is 2.82. The summed E-state index contributed by atoms with van der Waals surface area (Å²) < 4.78 is 6.04. The summed E-state index contributed by atoms with van der Waals surface area (Å²) in [5.41, 5.74) is 11.4. The zero-order valence-electron chi connectivity index (χ0n) is 25.1. The number of rotatable bonds is 7. The molecule has 3 unspecified atom stereocenters. The second kappa shape index (κ2) is 10.2. The van der Waals surface area contributed by atoms with Crippen LogP contribution in [0.1, 0.15) is 54.5 Å². The first-order valence-corrected chi connectivity index (χ1v) is 16.7. The predicted molar refractivity (Wildman–Crippen MR) is 171 cm³/mol. The molecule has 5 aliphatic rings. The highest BCUT2D eigenvalue weighted by atomic mass is 32.1. The van der Waals surface area contributed by atoms with Crippen LogP contribution in [0.25, 0.3) is 10.2 Å². The van der Waals surface area contributed by atoms with Gasteiger partial charge in [-0.3, -0.25) is 10.2 Å². The number of nitrogen functional groups attached to an aromatic ring is 1. The monoisotopic (exact) mass is 600 g/mol. The third-order valence-electron chi connectivity index (χ3n) is 11.3. The van der Waals surface area contributed by atoms with Gasteiger partial charge in [0.05, 0.1) is 28.4 Å². The van der Waals surface area contributed by atoms with Crippen molar-refractivity contribution in [3.8, 4) is 0 Å². The molecule has 2 bridgehead atoms. The SMILES string of the molecule is CN(C)C1CCN(c2cc(N)c(C=[NH2+])cc2Nc2ncnc3sc4c(c23)CC[C@H](C(=O)C2CC23CC2CO[C@H]3C2)C4)CC1. The predicted octanol–water partition coefficient (Wildman–Crippen LogP) is 3.21. The Hall–Kier alpha value is -3.08. The van der Waals surface area contributed by atoms with Crippen LogP contribution in [0, 0.1) is 23.2 Å². The smallest absolute Gasteiger partial charge is 0.169 e. The number of nitrogens with one attached hydrogen (secondary N) is 1. The standard InChI is InChI=1S/C33H41N7O2S/c1-39(2)21-5-7-40(8-6-21)26-12-24(35)20(15-34)10-25(26)38-31-29-22-4-3-19(11-27(22)43-32(29)37-17-36-31)30(41)23-14-33(23)13-18-9-28(33)42-16-18/h10,12,15,17-19,21,23,28,34H,3-9,11,13-14,16,35H2,1-2H3,(H,36,37,38)/p+1/t18?,19-,23?,28-,33?/m0/s1. The lowest BCUT2D eigenvalue weighted by molar-refractivity contribution is -0.126. The Morgan fingerprint density at radius 3 is 2.79 bits per heavy atom. The maximum atomic E-state index is 13.7. The van der Waals surface area contributed by atoms with Gasteiger partial charge < -0.3 is 25.6 Å². The van der Waals surface area contributed by atoms with Crippen molar-refractivity contribution in [3.63, 3.8) is 0 Å². The summed E-state index contributed by atoms with van der Waals surface area (Å²) in [7, 11) is 4.32. The van der Waals surface area contributed by atoms with Crippen LogP contribution < -0.4 is 21.4 Å². The quantitative estimate of drug-likeness (QED) is 0.279. The lowest BCUT2D eigenvalue weighted by atomic mass is 9.81. The number of hydrogen-bond donors (Lipinski definition) is 3. The van der Waals surface area contributed by atoms with Gasteiger partial charge in [0.15, 0.2) is 6.21 Å². The number of carbonyl (C=O) groups is 1. The number of fused-ring (bicyclic) bond motifs is 6. The molecule has 0 radical (unpaired) electrons. The lowest BCUT2D eigenvalue weighted by Gasteiger charge is -2.37. The fourth-order valence-electron chi connectivity index (χ4n) is 8.80. The summed E-state index contributed by atoms with van der Waals surface area (Å²) in [4.78, 5) is 30.2. The zero-order chi connectivity index (χ0) is 29.5. The molecule has 5 atom stereocenters. The van der Waals surface area contributed by atoms with Crippen LogP contribution >= 0.6 is 11.3 Å². The molecule has 10 heteroatoms. The van der Waals surface area contributed by atoms with E-state index in [1.54, 1.807) is 23.9 Å². The number of ether oxygens (including phenoxy) is 1.